The first kappa shape index (κ1) is 21.0. The Balaban J connectivity index is 2.01. The van der Waals surface area contributed by atoms with Crippen LogP contribution in [0.1, 0.15) is 25.5 Å². The lowest BCUT2D eigenvalue weighted by molar-refractivity contribution is -0.115. The zero-order chi connectivity index (χ0) is 20.0. The monoisotopic (exact) mass is 409 g/mol. The van der Waals surface area contributed by atoms with Crippen LogP contribution in [0.4, 0.5) is 11.4 Å². The number of anilines is 2. The van der Waals surface area contributed by atoms with Crippen LogP contribution in [-0.2, 0) is 9.59 Å². The van der Waals surface area contributed by atoms with Gasteiger partial charge in [0.1, 0.15) is 5.75 Å². The van der Waals surface area contributed by atoms with E-state index in [-0.39, 0.29) is 24.4 Å². The molecule has 1 unspecified atom stereocenters. The molecule has 0 aliphatic rings. The molecule has 8 heteroatoms. The van der Waals surface area contributed by atoms with Crippen LogP contribution in [0.15, 0.2) is 36.4 Å². The molecule has 144 valence electrons. The molecule has 2 rings (SSSR count). The number of hydrogen-bond donors (Lipinski definition) is 3. The second kappa shape index (κ2) is 9.60. The Kier molecular flexibility index (Phi) is 7.47. The molecule has 0 aromatic heterocycles. The number of hydrogen-bond acceptors (Lipinski definition) is 4. The Morgan fingerprint density at radius 2 is 1.85 bits per heavy atom. The van der Waals surface area contributed by atoms with E-state index in [1.807, 2.05) is 13.0 Å². The van der Waals surface area contributed by atoms with Crippen molar-refractivity contribution in [3.63, 3.8) is 0 Å². The first-order chi connectivity index (χ1) is 12.8. The minimum atomic E-state index is -0.259. The third-order valence-corrected chi connectivity index (χ3v) is 4.35. The van der Waals surface area contributed by atoms with Crippen molar-refractivity contribution >= 4 is 46.4 Å². The molecule has 0 radical (unpaired) electrons. The number of methoxy groups -OCH3 is 1. The van der Waals surface area contributed by atoms with E-state index in [1.54, 1.807) is 30.3 Å². The molecule has 0 heterocycles. The standard InChI is InChI=1S/C19H21Cl2N3O3/c1-11(15-6-4-13(20)8-16(15)21)22-10-19(26)24-17-9-14(23-12(2)25)5-7-18(17)27-3/h4-9,11,22H,10H2,1-3H3,(H,23,25)(H,24,26). The predicted molar refractivity (Wildman–Crippen MR) is 109 cm³/mol. The normalized spacial score (nSPS) is 11.6. The summed E-state index contributed by atoms with van der Waals surface area (Å²) in [6.45, 7) is 3.38. The molecule has 0 saturated heterocycles. The molecule has 2 aromatic rings. The van der Waals surface area contributed by atoms with Crippen molar-refractivity contribution < 1.29 is 14.3 Å². The molecule has 0 aliphatic heterocycles. The van der Waals surface area contributed by atoms with E-state index in [2.05, 4.69) is 16.0 Å². The maximum Gasteiger partial charge on any atom is 0.238 e. The molecule has 0 spiro atoms. The van der Waals surface area contributed by atoms with Crippen molar-refractivity contribution in [2.75, 3.05) is 24.3 Å². The fourth-order valence-electron chi connectivity index (χ4n) is 2.49. The summed E-state index contributed by atoms with van der Waals surface area (Å²) < 4.78 is 5.25. The Bertz CT molecular complexity index is 843. The quantitative estimate of drug-likeness (QED) is 0.638. The zero-order valence-corrected chi connectivity index (χ0v) is 16.7. The number of rotatable bonds is 7. The third kappa shape index (κ3) is 6.13. The van der Waals surface area contributed by atoms with Gasteiger partial charge in [0.2, 0.25) is 11.8 Å². The van der Waals surface area contributed by atoms with Gasteiger partial charge in [0.25, 0.3) is 0 Å². The van der Waals surface area contributed by atoms with Gasteiger partial charge in [-0.3, -0.25) is 9.59 Å². The predicted octanol–water partition coefficient (Wildman–Crippen LogP) is 4.25. The highest BCUT2D eigenvalue weighted by molar-refractivity contribution is 6.35. The van der Waals surface area contributed by atoms with E-state index >= 15 is 0 Å². The molecule has 3 N–H and O–H groups in total. The summed E-state index contributed by atoms with van der Waals surface area (Å²) in [7, 11) is 1.51. The second-order valence-electron chi connectivity index (χ2n) is 5.91. The molecule has 27 heavy (non-hydrogen) atoms. The molecule has 0 fully saturated rings. The van der Waals surface area contributed by atoms with Gasteiger partial charge in [-0.25, -0.2) is 0 Å². The topological polar surface area (TPSA) is 79.5 Å². The van der Waals surface area contributed by atoms with Crippen molar-refractivity contribution in [2.24, 2.45) is 0 Å². The first-order valence-corrected chi connectivity index (χ1v) is 8.99. The summed E-state index contributed by atoms with van der Waals surface area (Å²) in [6.07, 6.45) is 0. The minimum Gasteiger partial charge on any atom is -0.495 e. The Morgan fingerprint density at radius 3 is 2.48 bits per heavy atom. The van der Waals surface area contributed by atoms with E-state index < -0.39 is 0 Å². The van der Waals surface area contributed by atoms with Crippen molar-refractivity contribution in [1.29, 1.82) is 0 Å². The average Bonchev–Trinajstić information content (AvgIpc) is 2.59. The highest BCUT2D eigenvalue weighted by Gasteiger charge is 2.13. The summed E-state index contributed by atoms with van der Waals surface area (Å²) in [5.41, 5.74) is 1.87. The Labute approximate surface area is 168 Å². The fourth-order valence-corrected chi connectivity index (χ4v) is 3.06. The minimum absolute atomic E-state index is 0.0631. The third-order valence-electron chi connectivity index (χ3n) is 3.79. The molecule has 6 nitrogen and oxygen atoms in total. The first-order valence-electron chi connectivity index (χ1n) is 8.24. The van der Waals surface area contributed by atoms with Crippen LogP contribution in [0.25, 0.3) is 0 Å². The van der Waals surface area contributed by atoms with Crippen molar-refractivity contribution in [3.05, 3.63) is 52.0 Å². The summed E-state index contributed by atoms with van der Waals surface area (Å²) in [4.78, 5) is 23.5. The summed E-state index contributed by atoms with van der Waals surface area (Å²) in [5, 5.41) is 9.64. The van der Waals surface area contributed by atoms with Crippen LogP contribution in [0.2, 0.25) is 10.0 Å². The lowest BCUT2D eigenvalue weighted by Crippen LogP contribution is -2.30. The molecular formula is C19H21Cl2N3O3. The number of benzene rings is 2. The van der Waals surface area contributed by atoms with Crippen molar-refractivity contribution in [2.45, 2.75) is 19.9 Å². The van der Waals surface area contributed by atoms with Gasteiger partial charge in [-0.15, -0.1) is 0 Å². The van der Waals surface area contributed by atoms with Gasteiger partial charge in [-0.05, 0) is 42.8 Å². The number of carbonyl (C=O) groups is 2. The highest BCUT2D eigenvalue weighted by atomic mass is 35.5. The van der Waals surface area contributed by atoms with Gasteiger partial charge in [-0.1, -0.05) is 29.3 Å². The van der Waals surface area contributed by atoms with E-state index in [9.17, 15) is 9.59 Å². The lowest BCUT2D eigenvalue weighted by atomic mass is 10.1. The lowest BCUT2D eigenvalue weighted by Gasteiger charge is -2.17. The van der Waals surface area contributed by atoms with Crippen molar-refractivity contribution in [1.82, 2.24) is 5.32 Å². The van der Waals surface area contributed by atoms with Crippen LogP contribution in [0.3, 0.4) is 0 Å². The molecule has 0 bridgehead atoms. The summed E-state index contributed by atoms with van der Waals surface area (Å²) in [6, 6.07) is 10.1. The fraction of sp³-hybridized carbons (Fsp3) is 0.263. The molecule has 2 amide bonds. The average molecular weight is 410 g/mol. The number of ether oxygens (including phenoxy) is 1. The summed E-state index contributed by atoms with van der Waals surface area (Å²) in [5.74, 6) is 0.0317. The molecule has 1 atom stereocenters. The summed E-state index contributed by atoms with van der Waals surface area (Å²) >= 11 is 12.1. The largest absolute Gasteiger partial charge is 0.495 e. The molecule has 0 saturated carbocycles. The number of halogens is 2. The van der Waals surface area contributed by atoms with Crippen LogP contribution >= 0.6 is 23.2 Å². The van der Waals surface area contributed by atoms with Gasteiger partial charge in [-0.2, -0.15) is 0 Å². The van der Waals surface area contributed by atoms with Crippen LogP contribution in [0.5, 0.6) is 5.75 Å². The molecule has 2 aromatic carbocycles. The van der Waals surface area contributed by atoms with Gasteiger partial charge in [0.05, 0.1) is 19.3 Å². The highest BCUT2D eigenvalue weighted by Crippen LogP contribution is 2.28. The van der Waals surface area contributed by atoms with Gasteiger partial charge in [0.15, 0.2) is 0 Å². The number of amides is 2. The number of nitrogens with one attached hydrogen (secondary N) is 3. The maximum atomic E-state index is 12.3. The smallest absolute Gasteiger partial charge is 0.238 e. The molecular weight excluding hydrogens is 389 g/mol. The van der Waals surface area contributed by atoms with E-state index in [0.717, 1.165) is 5.56 Å². The van der Waals surface area contributed by atoms with Crippen LogP contribution in [-0.4, -0.2) is 25.5 Å². The van der Waals surface area contributed by atoms with Gasteiger partial charge < -0.3 is 20.7 Å². The second-order valence-corrected chi connectivity index (χ2v) is 6.76. The SMILES string of the molecule is COc1ccc(NC(C)=O)cc1NC(=O)CNC(C)c1ccc(Cl)cc1Cl. The number of carbonyl (C=O) groups excluding carboxylic acids is 2. The Hall–Kier alpha value is -2.28. The molecule has 0 aliphatic carbocycles. The van der Waals surface area contributed by atoms with Gasteiger partial charge in [0, 0.05) is 28.7 Å². The maximum absolute atomic E-state index is 12.3. The van der Waals surface area contributed by atoms with Crippen molar-refractivity contribution in [3.8, 4) is 5.75 Å². The van der Waals surface area contributed by atoms with Gasteiger partial charge >= 0.3 is 0 Å². The van der Waals surface area contributed by atoms with Crippen LogP contribution in [0, 0.1) is 0 Å². The van der Waals surface area contributed by atoms with E-state index in [4.69, 9.17) is 27.9 Å². The van der Waals surface area contributed by atoms with E-state index in [0.29, 0.717) is 27.2 Å². The van der Waals surface area contributed by atoms with E-state index in [1.165, 1.54) is 14.0 Å². The Morgan fingerprint density at radius 1 is 1.11 bits per heavy atom. The zero-order valence-electron chi connectivity index (χ0n) is 15.2. The van der Waals surface area contributed by atoms with Crippen LogP contribution < -0.4 is 20.7 Å².